The lowest BCUT2D eigenvalue weighted by atomic mass is 10.0. The van der Waals surface area contributed by atoms with E-state index in [9.17, 15) is 9.59 Å². The van der Waals surface area contributed by atoms with Crippen molar-refractivity contribution in [3.63, 3.8) is 0 Å². The van der Waals surface area contributed by atoms with Crippen LogP contribution < -0.4 is 5.32 Å². The van der Waals surface area contributed by atoms with Crippen LogP contribution in [0, 0.1) is 12.8 Å². The number of nitrogens with one attached hydrogen (secondary N) is 1. The second kappa shape index (κ2) is 7.00. The van der Waals surface area contributed by atoms with E-state index in [1.165, 1.54) is 18.2 Å². The second-order valence-corrected chi connectivity index (χ2v) is 5.77. The van der Waals surface area contributed by atoms with Crippen LogP contribution in [0.15, 0.2) is 30.6 Å². The van der Waals surface area contributed by atoms with E-state index in [2.05, 4.69) is 29.1 Å². The Morgan fingerprint density at radius 2 is 1.87 bits per heavy atom. The zero-order valence-corrected chi connectivity index (χ0v) is 13.3. The molecule has 0 unspecified atom stereocenters. The molecule has 1 heterocycles. The van der Waals surface area contributed by atoms with Gasteiger partial charge in [0.15, 0.2) is 0 Å². The third kappa shape index (κ3) is 4.35. The van der Waals surface area contributed by atoms with Gasteiger partial charge in [-0.2, -0.15) is 0 Å². The molecular weight excluding hydrogens is 294 g/mol. The van der Waals surface area contributed by atoms with Crippen molar-refractivity contribution in [1.29, 1.82) is 0 Å². The number of aromatic nitrogens is 2. The highest BCUT2D eigenvalue weighted by atomic mass is 16.4. The molecule has 0 saturated heterocycles. The van der Waals surface area contributed by atoms with Gasteiger partial charge in [0.2, 0.25) is 0 Å². The Hall–Kier alpha value is -2.76. The summed E-state index contributed by atoms with van der Waals surface area (Å²) < 4.78 is 0. The van der Waals surface area contributed by atoms with E-state index >= 15 is 0 Å². The molecule has 2 rings (SSSR count). The Bertz CT molecular complexity index is 724. The summed E-state index contributed by atoms with van der Waals surface area (Å²) in [6.45, 7) is 5.87. The van der Waals surface area contributed by atoms with Crippen LogP contribution in [0.5, 0.6) is 0 Å². The first-order valence-corrected chi connectivity index (χ1v) is 7.33. The molecule has 0 bridgehead atoms. The maximum absolute atomic E-state index is 12.3. The first-order chi connectivity index (χ1) is 10.9. The van der Waals surface area contributed by atoms with Crippen LogP contribution in [0.4, 0.5) is 5.69 Å². The van der Waals surface area contributed by atoms with Crippen LogP contribution >= 0.6 is 0 Å². The lowest BCUT2D eigenvalue weighted by Gasteiger charge is -2.09. The summed E-state index contributed by atoms with van der Waals surface area (Å²) in [6.07, 6.45) is 3.93. The molecule has 23 heavy (non-hydrogen) atoms. The predicted octanol–water partition coefficient (Wildman–Crippen LogP) is 2.93. The second-order valence-electron chi connectivity index (χ2n) is 5.77. The fraction of sp³-hybridized carbons (Fsp3) is 0.294. The lowest BCUT2D eigenvalue weighted by Crippen LogP contribution is -2.14. The van der Waals surface area contributed by atoms with Crippen LogP contribution in [0.25, 0.3) is 0 Å². The third-order valence-corrected chi connectivity index (χ3v) is 3.27. The molecule has 0 fully saturated rings. The van der Waals surface area contributed by atoms with Crippen molar-refractivity contribution in [2.45, 2.75) is 27.2 Å². The monoisotopic (exact) mass is 313 g/mol. The van der Waals surface area contributed by atoms with E-state index < -0.39 is 5.97 Å². The number of anilines is 1. The number of benzene rings is 1. The van der Waals surface area contributed by atoms with Gasteiger partial charge in [-0.3, -0.25) is 4.79 Å². The highest BCUT2D eigenvalue weighted by Crippen LogP contribution is 2.14. The van der Waals surface area contributed by atoms with Gasteiger partial charge >= 0.3 is 5.97 Å². The van der Waals surface area contributed by atoms with E-state index in [1.807, 2.05) is 0 Å². The van der Waals surface area contributed by atoms with Crippen LogP contribution in [-0.4, -0.2) is 27.0 Å². The summed E-state index contributed by atoms with van der Waals surface area (Å²) in [5.41, 5.74) is 1.67. The largest absolute Gasteiger partial charge is 0.478 e. The number of nitrogens with zero attached hydrogens (tertiary/aromatic N) is 2. The van der Waals surface area contributed by atoms with Gasteiger partial charge in [0.1, 0.15) is 5.82 Å². The van der Waals surface area contributed by atoms with Gasteiger partial charge in [-0.1, -0.05) is 13.8 Å². The highest BCUT2D eigenvalue weighted by molar-refractivity contribution is 6.05. The van der Waals surface area contributed by atoms with E-state index in [0.717, 1.165) is 12.2 Å². The number of carbonyl (C=O) groups is 2. The first kappa shape index (κ1) is 16.6. The number of aromatic carboxylic acids is 1. The van der Waals surface area contributed by atoms with Crippen molar-refractivity contribution in [2.24, 2.45) is 5.92 Å². The number of carboxylic acids is 1. The number of aryl methyl sites for hydroxylation is 1. The minimum absolute atomic E-state index is 0.153. The third-order valence-electron chi connectivity index (χ3n) is 3.27. The molecule has 0 aliphatic heterocycles. The van der Waals surface area contributed by atoms with Crippen molar-refractivity contribution in [3.8, 4) is 0 Å². The molecule has 0 spiro atoms. The maximum Gasteiger partial charge on any atom is 0.335 e. The number of hydrogen-bond donors (Lipinski definition) is 2. The summed E-state index contributed by atoms with van der Waals surface area (Å²) in [5.74, 6) is -0.139. The van der Waals surface area contributed by atoms with Gasteiger partial charge in [0, 0.05) is 12.0 Å². The molecule has 1 amide bonds. The van der Waals surface area contributed by atoms with Gasteiger partial charge in [-0.25, -0.2) is 14.8 Å². The van der Waals surface area contributed by atoms with Crippen molar-refractivity contribution in [1.82, 2.24) is 9.97 Å². The van der Waals surface area contributed by atoms with Crippen LogP contribution in [-0.2, 0) is 6.42 Å². The molecule has 6 nitrogen and oxygen atoms in total. The Morgan fingerprint density at radius 1 is 1.22 bits per heavy atom. The Morgan fingerprint density at radius 3 is 2.39 bits per heavy atom. The number of rotatable bonds is 5. The quantitative estimate of drug-likeness (QED) is 0.885. The van der Waals surface area contributed by atoms with Crippen molar-refractivity contribution < 1.29 is 14.7 Å². The molecule has 120 valence electrons. The molecule has 0 atom stereocenters. The number of carboxylic acid groups (broad SMARTS) is 1. The van der Waals surface area contributed by atoms with Crippen molar-refractivity contribution in [3.05, 3.63) is 53.1 Å². The highest BCUT2D eigenvalue weighted by Gasteiger charge is 2.12. The van der Waals surface area contributed by atoms with Gasteiger partial charge < -0.3 is 10.4 Å². The number of amides is 1. The minimum Gasteiger partial charge on any atom is -0.478 e. The Kier molecular flexibility index (Phi) is 5.05. The van der Waals surface area contributed by atoms with E-state index in [4.69, 9.17) is 5.11 Å². The van der Waals surface area contributed by atoms with Gasteiger partial charge in [0.05, 0.1) is 23.6 Å². The normalized spacial score (nSPS) is 10.6. The summed E-state index contributed by atoms with van der Waals surface area (Å²) in [6, 6.07) is 4.38. The van der Waals surface area contributed by atoms with Crippen LogP contribution in [0.2, 0.25) is 0 Å². The molecule has 1 aromatic carbocycles. The summed E-state index contributed by atoms with van der Waals surface area (Å²) >= 11 is 0. The Balaban J connectivity index is 2.11. The van der Waals surface area contributed by atoms with E-state index in [-0.39, 0.29) is 11.5 Å². The van der Waals surface area contributed by atoms with Gasteiger partial charge in [0.25, 0.3) is 5.91 Å². The predicted molar refractivity (Wildman–Crippen MR) is 86.7 cm³/mol. The van der Waals surface area contributed by atoms with E-state index in [1.54, 1.807) is 19.3 Å². The van der Waals surface area contributed by atoms with E-state index in [0.29, 0.717) is 22.7 Å². The SMILES string of the molecule is Cc1cc(C(=O)O)ccc1C(=O)Nc1cnc(CC(C)C)nc1. The minimum atomic E-state index is -1.02. The molecule has 1 aromatic heterocycles. The molecular formula is C17H19N3O3. The molecule has 0 saturated carbocycles. The fourth-order valence-corrected chi connectivity index (χ4v) is 2.14. The van der Waals surface area contributed by atoms with Crippen molar-refractivity contribution >= 4 is 17.6 Å². The molecule has 0 radical (unpaired) electrons. The average molecular weight is 313 g/mol. The zero-order valence-electron chi connectivity index (χ0n) is 13.3. The summed E-state index contributed by atoms with van der Waals surface area (Å²) in [7, 11) is 0. The molecule has 6 heteroatoms. The zero-order chi connectivity index (χ0) is 17.0. The number of carbonyl (C=O) groups excluding carboxylic acids is 1. The van der Waals surface area contributed by atoms with Gasteiger partial charge in [-0.05, 0) is 36.6 Å². The van der Waals surface area contributed by atoms with Crippen molar-refractivity contribution in [2.75, 3.05) is 5.32 Å². The summed E-state index contributed by atoms with van der Waals surface area (Å²) in [5, 5.41) is 11.7. The Labute approximate surface area is 134 Å². The van der Waals surface area contributed by atoms with Gasteiger partial charge in [-0.15, -0.1) is 0 Å². The lowest BCUT2D eigenvalue weighted by molar-refractivity contribution is 0.0696. The topological polar surface area (TPSA) is 92.2 Å². The van der Waals surface area contributed by atoms with Crippen LogP contribution in [0.1, 0.15) is 46.0 Å². The fourth-order valence-electron chi connectivity index (χ4n) is 2.14. The maximum atomic E-state index is 12.3. The van der Waals surface area contributed by atoms with Crippen LogP contribution in [0.3, 0.4) is 0 Å². The molecule has 2 N–H and O–H groups in total. The number of hydrogen-bond acceptors (Lipinski definition) is 4. The smallest absolute Gasteiger partial charge is 0.335 e. The average Bonchev–Trinajstić information content (AvgIpc) is 2.48. The standard InChI is InChI=1S/C17H19N3O3/c1-10(2)6-15-18-8-13(9-19-15)20-16(21)14-5-4-12(17(22)23)7-11(14)3/h4-5,7-10H,6H2,1-3H3,(H,20,21)(H,22,23). The molecule has 0 aliphatic rings. The first-order valence-electron chi connectivity index (χ1n) is 7.33. The molecule has 2 aromatic rings. The summed E-state index contributed by atoms with van der Waals surface area (Å²) in [4.78, 5) is 31.6. The molecule has 0 aliphatic carbocycles.